The molecule has 1 aromatic heterocycles. The molecule has 1 heterocycles. The Morgan fingerprint density at radius 2 is 2.15 bits per heavy atom. The average molecular weight is 294 g/mol. The number of fused-ring (bicyclic) bond motifs is 1. The molecule has 0 aliphatic carbocycles. The van der Waals surface area contributed by atoms with Gasteiger partial charge < -0.3 is 9.47 Å². The molecule has 5 heteroatoms. The summed E-state index contributed by atoms with van der Waals surface area (Å²) in [5, 5.41) is 1.56. The number of esters is 1. The first kappa shape index (κ1) is 14.6. The van der Waals surface area contributed by atoms with E-state index in [2.05, 4.69) is 9.72 Å². The lowest BCUT2D eigenvalue weighted by Crippen LogP contribution is -2.05. The van der Waals surface area contributed by atoms with E-state index in [1.807, 2.05) is 13.0 Å². The highest BCUT2D eigenvalue weighted by Crippen LogP contribution is 2.32. The second-order valence-corrected chi connectivity index (χ2v) is 4.83. The van der Waals surface area contributed by atoms with E-state index in [4.69, 9.17) is 16.3 Å². The van der Waals surface area contributed by atoms with Crippen molar-refractivity contribution < 1.29 is 14.3 Å². The third kappa shape index (κ3) is 3.20. The van der Waals surface area contributed by atoms with E-state index in [0.717, 1.165) is 16.5 Å². The average Bonchev–Trinajstić information content (AvgIpc) is 2.45. The monoisotopic (exact) mass is 293 g/mol. The molecule has 0 atom stereocenters. The molecule has 1 aromatic carbocycles. The molecule has 0 aliphatic rings. The predicted molar refractivity (Wildman–Crippen MR) is 78.2 cm³/mol. The van der Waals surface area contributed by atoms with E-state index in [1.165, 1.54) is 7.11 Å². The van der Waals surface area contributed by atoms with Crippen molar-refractivity contribution in [1.29, 1.82) is 0 Å². The fourth-order valence-corrected chi connectivity index (χ4v) is 2.28. The summed E-state index contributed by atoms with van der Waals surface area (Å²) in [6.45, 7) is 2.42. The Hall–Kier alpha value is -1.81. The Bertz CT molecular complexity index is 620. The van der Waals surface area contributed by atoms with Gasteiger partial charge in [-0.05, 0) is 37.1 Å². The van der Waals surface area contributed by atoms with Crippen LogP contribution in [0.1, 0.15) is 18.4 Å². The van der Waals surface area contributed by atoms with E-state index >= 15 is 0 Å². The molecule has 0 aliphatic heterocycles. The summed E-state index contributed by atoms with van der Waals surface area (Å²) in [7, 11) is 1.38. The van der Waals surface area contributed by atoms with E-state index in [1.54, 1.807) is 18.3 Å². The molecule has 4 nitrogen and oxygen atoms in total. The van der Waals surface area contributed by atoms with Crippen molar-refractivity contribution >= 4 is 28.5 Å². The van der Waals surface area contributed by atoms with Gasteiger partial charge in [-0.2, -0.15) is 0 Å². The number of carbonyl (C=O) groups excluding carboxylic acids is 1. The number of aryl methyl sites for hydroxylation is 1. The second kappa shape index (κ2) is 6.57. The number of rotatable bonds is 5. The summed E-state index contributed by atoms with van der Waals surface area (Å²) in [5.41, 5.74) is 1.80. The number of carbonyl (C=O) groups is 1. The van der Waals surface area contributed by atoms with Crippen LogP contribution >= 0.6 is 11.6 Å². The minimum absolute atomic E-state index is 0.233. The number of ether oxygens (including phenoxy) is 2. The largest absolute Gasteiger partial charge is 0.491 e. The topological polar surface area (TPSA) is 48.4 Å². The van der Waals surface area contributed by atoms with Crippen LogP contribution in [0.15, 0.2) is 24.4 Å². The minimum atomic E-state index is -0.233. The molecule has 0 N–H and O–H groups in total. The quantitative estimate of drug-likeness (QED) is 0.625. The predicted octanol–water partition coefficient (Wildman–Crippen LogP) is 3.53. The highest BCUT2D eigenvalue weighted by atomic mass is 35.5. The summed E-state index contributed by atoms with van der Waals surface area (Å²) < 4.78 is 10.3. The van der Waals surface area contributed by atoms with Gasteiger partial charge in [-0.3, -0.25) is 9.78 Å². The van der Waals surface area contributed by atoms with Gasteiger partial charge in [-0.1, -0.05) is 11.6 Å². The first-order chi connectivity index (χ1) is 9.63. The van der Waals surface area contributed by atoms with Gasteiger partial charge in [0.05, 0.1) is 18.7 Å². The molecule has 2 aromatic rings. The number of nitrogens with zero attached hydrogens (tertiary/aromatic N) is 1. The molecular weight excluding hydrogens is 278 g/mol. The SMILES string of the molecule is COC(=O)CCCOc1ccc(Cl)c2c(C)ccnc12. The molecule has 0 fully saturated rings. The molecule has 0 unspecified atom stereocenters. The Balaban J connectivity index is 2.13. The smallest absolute Gasteiger partial charge is 0.305 e. The van der Waals surface area contributed by atoms with Crippen molar-refractivity contribution in [1.82, 2.24) is 4.98 Å². The summed E-state index contributed by atoms with van der Waals surface area (Å²) in [6.07, 6.45) is 2.67. The van der Waals surface area contributed by atoms with Crippen molar-refractivity contribution in [2.75, 3.05) is 13.7 Å². The molecular formula is C15H16ClNO3. The van der Waals surface area contributed by atoms with Crippen LogP contribution in [0.5, 0.6) is 5.75 Å². The first-order valence-electron chi connectivity index (χ1n) is 6.37. The van der Waals surface area contributed by atoms with Crippen LogP contribution in [0.3, 0.4) is 0 Å². The summed E-state index contributed by atoms with van der Waals surface area (Å²) in [5.74, 6) is 0.446. The van der Waals surface area contributed by atoms with Gasteiger partial charge in [0.15, 0.2) is 0 Å². The Morgan fingerprint density at radius 1 is 1.35 bits per heavy atom. The van der Waals surface area contributed by atoms with Crippen molar-refractivity contribution in [2.45, 2.75) is 19.8 Å². The third-order valence-electron chi connectivity index (χ3n) is 3.02. The Morgan fingerprint density at radius 3 is 2.90 bits per heavy atom. The second-order valence-electron chi connectivity index (χ2n) is 4.43. The normalized spacial score (nSPS) is 10.6. The molecule has 0 bridgehead atoms. The summed E-state index contributed by atoms with van der Waals surface area (Å²) >= 11 is 6.20. The zero-order chi connectivity index (χ0) is 14.5. The standard InChI is InChI=1S/C15H16ClNO3/c1-10-7-8-17-15-12(6-5-11(16)14(10)15)20-9-3-4-13(18)19-2/h5-8H,3-4,9H2,1-2H3. The van der Waals surface area contributed by atoms with Crippen LogP contribution in [0.25, 0.3) is 10.9 Å². The van der Waals surface area contributed by atoms with Gasteiger partial charge in [0.1, 0.15) is 11.3 Å². The molecule has 0 amide bonds. The highest BCUT2D eigenvalue weighted by molar-refractivity contribution is 6.35. The maximum Gasteiger partial charge on any atom is 0.305 e. The zero-order valence-corrected chi connectivity index (χ0v) is 12.2. The van der Waals surface area contributed by atoms with Crippen LogP contribution in [0.2, 0.25) is 5.02 Å². The van der Waals surface area contributed by atoms with Crippen LogP contribution in [0, 0.1) is 6.92 Å². The number of pyridine rings is 1. The lowest BCUT2D eigenvalue weighted by atomic mass is 10.1. The third-order valence-corrected chi connectivity index (χ3v) is 3.34. The molecule has 0 saturated heterocycles. The fourth-order valence-electron chi connectivity index (χ4n) is 1.97. The van der Waals surface area contributed by atoms with E-state index in [-0.39, 0.29) is 5.97 Å². The van der Waals surface area contributed by atoms with Gasteiger partial charge in [0.25, 0.3) is 0 Å². The van der Waals surface area contributed by atoms with Crippen LogP contribution in [-0.2, 0) is 9.53 Å². The summed E-state index contributed by atoms with van der Waals surface area (Å²) in [6, 6.07) is 5.51. The molecule has 0 spiro atoms. The summed E-state index contributed by atoms with van der Waals surface area (Å²) in [4.78, 5) is 15.3. The van der Waals surface area contributed by atoms with Crippen molar-refractivity contribution in [3.05, 3.63) is 35.0 Å². The van der Waals surface area contributed by atoms with Crippen LogP contribution in [-0.4, -0.2) is 24.7 Å². The van der Waals surface area contributed by atoms with Crippen LogP contribution < -0.4 is 4.74 Å². The number of methoxy groups -OCH3 is 1. The maximum atomic E-state index is 11.0. The Kier molecular flexibility index (Phi) is 4.79. The molecule has 20 heavy (non-hydrogen) atoms. The van der Waals surface area contributed by atoms with Gasteiger partial charge in [0, 0.05) is 18.0 Å². The van der Waals surface area contributed by atoms with E-state index in [0.29, 0.717) is 30.2 Å². The lowest BCUT2D eigenvalue weighted by Gasteiger charge is -2.10. The molecule has 0 radical (unpaired) electrons. The maximum absolute atomic E-state index is 11.0. The number of hydrogen-bond acceptors (Lipinski definition) is 4. The molecule has 2 rings (SSSR count). The highest BCUT2D eigenvalue weighted by Gasteiger charge is 2.09. The van der Waals surface area contributed by atoms with Crippen molar-refractivity contribution in [3.63, 3.8) is 0 Å². The number of halogens is 1. The van der Waals surface area contributed by atoms with E-state index in [9.17, 15) is 4.79 Å². The number of aromatic nitrogens is 1. The zero-order valence-electron chi connectivity index (χ0n) is 11.5. The van der Waals surface area contributed by atoms with Crippen LogP contribution in [0.4, 0.5) is 0 Å². The van der Waals surface area contributed by atoms with Gasteiger partial charge in [-0.15, -0.1) is 0 Å². The van der Waals surface area contributed by atoms with E-state index < -0.39 is 0 Å². The van der Waals surface area contributed by atoms with Crippen molar-refractivity contribution in [2.24, 2.45) is 0 Å². The van der Waals surface area contributed by atoms with Gasteiger partial charge in [-0.25, -0.2) is 0 Å². The fraction of sp³-hybridized carbons (Fsp3) is 0.333. The molecule has 0 saturated carbocycles. The number of benzene rings is 1. The first-order valence-corrected chi connectivity index (χ1v) is 6.74. The molecule has 106 valence electrons. The van der Waals surface area contributed by atoms with Gasteiger partial charge in [0.2, 0.25) is 0 Å². The number of hydrogen-bond donors (Lipinski definition) is 0. The van der Waals surface area contributed by atoms with Gasteiger partial charge >= 0.3 is 5.97 Å². The minimum Gasteiger partial charge on any atom is -0.491 e. The lowest BCUT2D eigenvalue weighted by molar-refractivity contribution is -0.140. The Labute approximate surface area is 122 Å². The van der Waals surface area contributed by atoms with Crippen molar-refractivity contribution in [3.8, 4) is 5.75 Å².